The highest BCUT2D eigenvalue weighted by molar-refractivity contribution is 5.83. The van der Waals surface area contributed by atoms with Gasteiger partial charge < -0.3 is 9.47 Å². The molecule has 2 aromatic rings. The molecule has 0 atom stereocenters. The maximum Gasteiger partial charge on any atom is 0.330 e. The number of hydrogen-bond donors (Lipinski definition) is 0. The third kappa shape index (κ3) is 7.42. The highest BCUT2D eigenvalue weighted by Crippen LogP contribution is 2.20. The van der Waals surface area contributed by atoms with E-state index < -0.39 is 0 Å². The van der Waals surface area contributed by atoms with Gasteiger partial charge in [0.05, 0.1) is 13.2 Å². The summed E-state index contributed by atoms with van der Waals surface area (Å²) in [7, 11) is 0. The van der Waals surface area contributed by atoms with Gasteiger partial charge in [-0.15, -0.1) is 0 Å². The van der Waals surface area contributed by atoms with Crippen molar-refractivity contribution in [3.8, 4) is 5.75 Å². The highest BCUT2D eigenvalue weighted by atomic mass is 16.5. The van der Waals surface area contributed by atoms with E-state index in [1.807, 2.05) is 6.07 Å². The van der Waals surface area contributed by atoms with Crippen LogP contribution in [0.2, 0.25) is 0 Å². The summed E-state index contributed by atoms with van der Waals surface area (Å²) >= 11 is 0. The van der Waals surface area contributed by atoms with Crippen LogP contribution in [0.25, 0.3) is 10.8 Å². The average Bonchev–Trinajstić information content (AvgIpc) is 2.65. The van der Waals surface area contributed by atoms with Crippen LogP contribution >= 0.6 is 0 Å². The zero-order valence-electron chi connectivity index (χ0n) is 14.9. The van der Waals surface area contributed by atoms with Crippen molar-refractivity contribution in [1.82, 2.24) is 0 Å². The molecule has 0 aromatic heterocycles. The van der Waals surface area contributed by atoms with Crippen LogP contribution in [0.1, 0.15) is 44.9 Å². The first-order chi connectivity index (χ1) is 12.3. The van der Waals surface area contributed by atoms with E-state index in [-0.39, 0.29) is 5.97 Å². The molecule has 25 heavy (non-hydrogen) atoms. The Kier molecular flexibility index (Phi) is 8.60. The summed E-state index contributed by atoms with van der Waals surface area (Å²) in [6, 6.07) is 14.6. The zero-order valence-corrected chi connectivity index (χ0v) is 14.9. The molecular weight excluding hydrogens is 312 g/mol. The standard InChI is InChI=1S/C22H28O3/c1-2-22(23)25-17-11-7-5-3-4-6-10-16-24-21-15-14-19-12-8-9-13-20(19)18-21/h2,8-9,12-15,18H,1,3-7,10-11,16-17H2. The fourth-order valence-electron chi connectivity index (χ4n) is 2.77. The van der Waals surface area contributed by atoms with Gasteiger partial charge in [0, 0.05) is 6.08 Å². The molecule has 3 heteroatoms. The lowest BCUT2D eigenvalue weighted by Crippen LogP contribution is -2.01. The van der Waals surface area contributed by atoms with Crippen LogP contribution in [0.4, 0.5) is 0 Å². The third-order valence-corrected chi connectivity index (χ3v) is 4.19. The monoisotopic (exact) mass is 340 g/mol. The largest absolute Gasteiger partial charge is 0.494 e. The molecule has 0 aliphatic heterocycles. The summed E-state index contributed by atoms with van der Waals surface area (Å²) < 4.78 is 10.8. The second-order valence-electron chi connectivity index (χ2n) is 6.20. The second-order valence-corrected chi connectivity index (χ2v) is 6.20. The van der Waals surface area contributed by atoms with Crippen LogP contribution < -0.4 is 4.74 Å². The van der Waals surface area contributed by atoms with E-state index in [2.05, 4.69) is 43.0 Å². The number of fused-ring (bicyclic) bond motifs is 1. The average molecular weight is 340 g/mol. The smallest absolute Gasteiger partial charge is 0.330 e. The van der Waals surface area contributed by atoms with Gasteiger partial charge in [0.2, 0.25) is 0 Å². The van der Waals surface area contributed by atoms with Gasteiger partial charge in [-0.25, -0.2) is 4.79 Å². The van der Waals surface area contributed by atoms with Crippen LogP contribution in [-0.4, -0.2) is 19.2 Å². The van der Waals surface area contributed by atoms with Crippen LogP contribution in [-0.2, 0) is 9.53 Å². The second kappa shape index (κ2) is 11.3. The number of rotatable bonds is 12. The molecule has 134 valence electrons. The lowest BCUT2D eigenvalue weighted by atomic mass is 10.1. The Morgan fingerprint density at radius 2 is 1.48 bits per heavy atom. The molecule has 0 saturated heterocycles. The van der Waals surface area contributed by atoms with Crippen molar-refractivity contribution in [2.75, 3.05) is 13.2 Å². The number of hydrogen-bond acceptors (Lipinski definition) is 3. The molecule has 3 nitrogen and oxygen atoms in total. The Morgan fingerprint density at radius 3 is 2.20 bits per heavy atom. The molecule has 0 aliphatic rings. The molecule has 0 saturated carbocycles. The van der Waals surface area contributed by atoms with Crippen LogP contribution in [0, 0.1) is 0 Å². The summed E-state index contributed by atoms with van der Waals surface area (Å²) in [6.07, 6.45) is 9.18. The summed E-state index contributed by atoms with van der Waals surface area (Å²) in [5.74, 6) is 0.624. The van der Waals surface area contributed by atoms with E-state index in [1.54, 1.807) is 0 Å². The predicted octanol–water partition coefficient (Wildman–Crippen LogP) is 5.68. The van der Waals surface area contributed by atoms with Gasteiger partial charge in [0.1, 0.15) is 5.75 Å². The molecule has 0 fully saturated rings. The maximum atomic E-state index is 10.9. The van der Waals surface area contributed by atoms with Crippen molar-refractivity contribution in [1.29, 1.82) is 0 Å². The number of unbranched alkanes of at least 4 members (excludes halogenated alkanes) is 6. The molecule has 0 heterocycles. The highest BCUT2D eigenvalue weighted by Gasteiger charge is 1.98. The Hall–Kier alpha value is -2.29. The molecule has 0 unspecified atom stereocenters. The number of benzene rings is 2. The summed E-state index contributed by atoms with van der Waals surface area (Å²) in [6.45, 7) is 4.65. The van der Waals surface area contributed by atoms with E-state index in [4.69, 9.17) is 9.47 Å². The number of ether oxygens (including phenoxy) is 2. The van der Waals surface area contributed by atoms with Gasteiger partial charge in [0.25, 0.3) is 0 Å². The van der Waals surface area contributed by atoms with Crippen molar-refractivity contribution in [2.45, 2.75) is 44.9 Å². The predicted molar refractivity (Wildman–Crippen MR) is 103 cm³/mol. The van der Waals surface area contributed by atoms with Crippen molar-refractivity contribution in [3.63, 3.8) is 0 Å². The van der Waals surface area contributed by atoms with Gasteiger partial charge in [0.15, 0.2) is 0 Å². The quantitative estimate of drug-likeness (QED) is 0.283. The normalized spacial score (nSPS) is 10.6. The summed E-state index contributed by atoms with van der Waals surface area (Å²) in [5.41, 5.74) is 0. The van der Waals surface area contributed by atoms with Crippen molar-refractivity contribution >= 4 is 16.7 Å². The molecule has 0 bridgehead atoms. The van der Waals surface area contributed by atoms with E-state index in [9.17, 15) is 4.79 Å². The minimum Gasteiger partial charge on any atom is -0.494 e. The molecule has 0 aliphatic carbocycles. The lowest BCUT2D eigenvalue weighted by Gasteiger charge is -2.07. The van der Waals surface area contributed by atoms with Gasteiger partial charge in [-0.05, 0) is 35.7 Å². The molecule has 2 aromatic carbocycles. The van der Waals surface area contributed by atoms with E-state index in [0.717, 1.165) is 31.6 Å². The Balaban J connectivity index is 1.46. The van der Waals surface area contributed by atoms with E-state index in [0.29, 0.717) is 6.61 Å². The first-order valence-electron chi connectivity index (χ1n) is 9.20. The van der Waals surface area contributed by atoms with Crippen LogP contribution in [0.15, 0.2) is 55.1 Å². The summed E-state index contributed by atoms with van der Waals surface area (Å²) in [4.78, 5) is 10.9. The first kappa shape index (κ1) is 19.0. The van der Waals surface area contributed by atoms with Crippen molar-refractivity contribution in [3.05, 3.63) is 55.1 Å². The Labute approximate surface area is 150 Å². The minimum atomic E-state index is -0.327. The number of carbonyl (C=O) groups is 1. The van der Waals surface area contributed by atoms with Gasteiger partial charge >= 0.3 is 5.97 Å². The minimum absolute atomic E-state index is 0.327. The van der Waals surface area contributed by atoms with Crippen LogP contribution in [0.5, 0.6) is 5.75 Å². The fraction of sp³-hybridized carbons (Fsp3) is 0.409. The molecule has 0 N–H and O–H groups in total. The maximum absolute atomic E-state index is 10.9. The molecular formula is C22H28O3. The van der Waals surface area contributed by atoms with Gasteiger partial charge in [-0.3, -0.25) is 0 Å². The topological polar surface area (TPSA) is 35.5 Å². The van der Waals surface area contributed by atoms with E-state index in [1.165, 1.54) is 42.5 Å². The Bertz CT molecular complexity index is 663. The van der Waals surface area contributed by atoms with E-state index >= 15 is 0 Å². The zero-order chi connectivity index (χ0) is 17.7. The number of esters is 1. The first-order valence-corrected chi connectivity index (χ1v) is 9.20. The Morgan fingerprint density at radius 1 is 0.840 bits per heavy atom. The summed E-state index contributed by atoms with van der Waals surface area (Å²) in [5, 5.41) is 2.47. The molecule has 0 amide bonds. The molecule has 0 spiro atoms. The van der Waals surface area contributed by atoms with Crippen molar-refractivity contribution < 1.29 is 14.3 Å². The molecule has 0 radical (unpaired) electrons. The lowest BCUT2D eigenvalue weighted by molar-refractivity contribution is -0.137. The third-order valence-electron chi connectivity index (χ3n) is 4.19. The van der Waals surface area contributed by atoms with Gasteiger partial charge in [-0.2, -0.15) is 0 Å². The fourth-order valence-corrected chi connectivity index (χ4v) is 2.77. The number of carbonyl (C=O) groups excluding carboxylic acids is 1. The molecule has 2 rings (SSSR count). The van der Waals surface area contributed by atoms with Crippen LogP contribution in [0.3, 0.4) is 0 Å². The van der Waals surface area contributed by atoms with Crippen molar-refractivity contribution in [2.24, 2.45) is 0 Å². The van der Waals surface area contributed by atoms with Gasteiger partial charge in [-0.1, -0.05) is 69.0 Å². The SMILES string of the molecule is C=CC(=O)OCCCCCCCCCOc1ccc2ccccc2c1.